The molecule has 3 rings (SSSR count). The van der Waals surface area contributed by atoms with Crippen LogP contribution in [-0.4, -0.2) is 68.9 Å². The molecule has 2 aliphatic rings. The monoisotopic (exact) mass is 492 g/mol. The highest BCUT2D eigenvalue weighted by Gasteiger charge is 2.32. The number of morpholine rings is 1. The summed E-state index contributed by atoms with van der Waals surface area (Å²) >= 11 is 0. The second-order valence-electron chi connectivity index (χ2n) is 6.97. The van der Waals surface area contributed by atoms with E-state index in [9.17, 15) is 4.39 Å². The second kappa shape index (κ2) is 11.0. The van der Waals surface area contributed by atoms with Crippen LogP contribution in [0, 0.1) is 5.82 Å². The highest BCUT2D eigenvalue weighted by atomic mass is 127. The number of aliphatic imine (C=N–C) groups is 1. The van der Waals surface area contributed by atoms with Crippen LogP contribution in [0.5, 0.6) is 5.75 Å². The number of halogens is 2. The quantitative estimate of drug-likeness (QED) is 0.363. The summed E-state index contributed by atoms with van der Waals surface area (Å²) in [5.41, 5.74) is 0. The zero-order valence-electron chi connectivity index (χ0n) is 16.0. The third kappa shape index (κ3) is 6.76. The Labute approximate surface area is 177 Å². The lowest BCUT2D eigenvalue weighted by molar-refractivity contribution is -0.0453. The number of hydrogen-bond donors (Lipinski definition) is 2. The van der Waals surface area contributed by atoms with E-state index in [1.807, 2.05) is 6.92 Å². The first kappa shape index (κ1) is 22.2. The summed E-state index contributed by atoms with van der Waals surface area (Å²) < 4.78 is 24.9. The fourth-order valence-electron chi connectivity index (χ4n) is 3.49. The summed E-state index contributed by atoms with van der Waals surface area (Å²) in [5.74, 6) is 0.942. The van der Waals surface area contributed by atoms with Gasteiger partial charge in [-0.25, -0.2) is 4.39 Å². The molecule has 3 atom stereocenters. The standard InChI is InChI=1S/C19H29FN4O2.HI/c1-14(26-17-7-3-5-15(20)9-17)10-22-19(21-2)23-11-18-12-24-8-4-6-16(24)13-25-18;/h3,5,7,9,14,16,18H,4,6,8,10-13H2,1-2H3,(H2,21,22,23);1H. The van der Waals surface area contributed by atoms with Crippen LogP contribution in [0.15, 0.2) is 29.3 Å². The first-order chi connectivity index (χ1) is 12.6. The van der Waals surface area contributed by atoms with Crippen LogP contribution in [0.25, 0.3) is 0 Å². The molecule has 152 valence electrons. The molecule has 6 nitrogen and oxygen atoms in total. The molecular weight excluding hydrogens is 462 g/mol. The van der Waals surface area contributed by atoms with Crippen molar-refractivity contribution in [3.8, 4) is 5.75 Å². The molecule has 1 aromatic carbocycles. The average Bonchev–Trinajstić information content (AvgIpc) is 3.09. The number of rotatable bonds is 6. The molecule has 0 bridgehead atoms. The van der Waals surface area contributed by atoms with Crippen molar-refractivity contribution in [2.45, 2.75) is 38.0 Å². The number of benzene rings is 1. The second-order valence-corrected chi connectivity index (χ2v) is 6.97. The molecule has 0 saturated carbocycles. The smallest absolute Gasteiger partial charge is 0.191 e. The number of fused-ring (bicyclic) bond motifs is 1. The van der Waals surface area contributed by atoms with Crippen LogP contribution < -0.4 is 15.4 Å². The summed E-state index contributed by atoms with van der Waals surface area (Å²) in [4.78, 5) is 6.77. The molecule has 1 aromatic rings. The van der Waals surface area contributed by atoms with Crippen LogP contribution in [-0.2, 0) is 4.74 Å². The van der Waals surface area contributed by atoms with E-state index in [-0.39, 0.29) is 42.0 Å². The minimum Gasteiger partial charge on any atom is -0.489 e. The Hall–Kier alpha value is -1.13. The van der Waals surface area contributed by atoms with Gasteiger partial charge in [0.25, 0.3) is 0 Å². The molecule has 2 saturated heterocycles. The van der Waals surface area contributed by atoms with Crippen molar-refractivity contribution >= 4 is 29.9 Å². The lowest BCUT2D eigenvalue weighted by atomic mass is 10.2. The third-order valence-electron chi connectivity index (χ3n) is 4.87. The maximum absolute atomic E-state index is 13.2. The van der Waals surface area contributed by atoms with E-state index in [2.05, 4.69) is 20.5 Å². The summed E-state index contributed by atoms with van der Waals surface area (Å²) in [6.07, 6.45) is 2.60. The van der Waals surface area contributed by atoms with Gasteiger partial charge in [-0.15, -0.1) is 24.0 Å². The zero-order valence-corrected chi connectivity index (χ0v) is 18.3. The minimum absolute atomic E-state index is 0. The van der Waals surface area contributed by atoms with Gasteiger partial charge in [0.15, 0.2) is 5.96 Å². The summed E-state index contributed by atoms with van der Waals surface area (Å²) in [6, 6.07) is 6.79. The van der Waals surface area contributed by atoms with E-state index in [0.29, 0.717) is 24.3 Å². The molecular formula is C19H30FIN4O2. The number of guanidine groups is 1. The van der Waals surface area contributed by atoms with Crippen molar-refractivity contribution in [1.82, 2.24) is 15.5 Å². The SMILES string of the molecule is CN=C(NCC(C)Oc1cccc(F)c1)NCC1CN2CCCC2CO1.I. The third-order valence-corrected chi connectivity index (χ3v) is 4.87. The highest BCUT2D eigenvalue weighted by Crippen LogP contribution is 2.22. The van der Waals surface area contributed by atoms with E-state index < -0.39 is 0 Å². The van der Waals surface area contributed by atoms with Gasteiger partial charge in [-0.3, -0.25) is 9.89 Å². The molecule has 0 radical (unpaired) electrons. The van der Waals surface area contributed by atoms with Gasteiger partial charge in [0.2, 0.25) is 0 Å². The van der Waals surface area contributed by atoms with Gasteiger partial charge in [-0.05, 0) is 38.4 Å². The summed E-state index contributed by atoms with van der Waals surface area (Å²) in [7, 11) is 1.74. The minimum atomic E-state index is -0.298. The molecule has 0 aromatic heterocycles. The van der Waals surface area contributed by atoms with E-state index >= 15 is 0 Å². The first-order valence-corrected chi connectivity index (χ1v) is 9.36. The fraction of sp³-hybridized carbons (Fsp3) is 0.632. The van der Waals surface area contributed by atoms with Gasteiger partial charge >= 0.3 is 0 Å². The Morgan fingerprint density at radius 1 is 1.44 bits per heavy atom. The van der Waals surface area contributed by atoms with Gasteiger partial charge in [0, 0.05) is 32.2 Å². The lowest BCUT2D eigenvalue weighted by Gasteiger charge is -2.35. The predicted octanol–water partition coefficient (Wildman–Crippen LogP) is 2.24. The number of nitrogens with zero attached hydrogens (tertiary/aromatic N) is 2. The topological polar surface area (TPSA) is 58.1 Å². The van der Waals surface area contributed by atoms with Crippen LogP contribution in [0.1, 0.15) is 19.8 Å². The van der Waals surface area contributed by atoms with Gasteiger partial charge in [0.05, 0.1) is 19.3 Å². The van der Waals surface area contributed by atoms with Crippen molar-refractivity contribution in [2.75, 3.05) is 39.8 Å². The van der Waals surface area contributed by atoms with Gasteiger partial charge in [0.1, 0.15) is 17.7 Å². The Bertz CT molecular complexity index is 619. The van der Waals surface area contributed by atoms with E-state index in [0.717, 1.165) is 19.7 Å². The molecule has 2 heterocycles. The fourth-order valence-corrected chi connectivity index (χ4v) is 3.49. The maximum Gasteiger partial charge on any atom is 0.191 e. The molecule has 27 heavy (non-hydrogen) atoms. The van der Waals surface area contributed by atoms with Crippen LogP contribution in [0.3, 0.4) is 0 Å². The van der Waals surface area contributed by atoms with E-state index in [1.165, 1.54) is 31.5 Å². The molecule has 2 N–H and O–H groups in total. The Morgan fingerprint density at radius 2 is 2.30 bits per heavy atom. The normalized spacial score (nSPS) is 23.9. The molecule has 0 spiro atoms. The molecule has 0 aliphatic carbocycles. The molecule has 2 aliphatic heterocycles. The number of hydrogen-bond acceptors (Lipinski definition) is 4. The summed E-state index contributed by atoms with van der Waals surface area (Å²) in [6.45, 7) is 6.22. The van der Waals surface area contributed by atoms with Gasteiger partial charge in [-0.2, -0.15) is 0 Å². The van der Waals surface area contributed by atoms with Crippen LogP contribution in [0.2, 0.25) is 0 Å². The molecule has 3 unspecified atom stereocenters. The van der Waals surface area contributed by atoms with Gasteiger partial charge in [-0.1, -0.05) is 6.07 Å². The van der Waals surface area contributed by atoms with Crippen molar-refractivity contribution < 1.29 is 13.9 Å². The van der Waals surface area contributed by atoms with Crippen LogP contribution >= 0.6 is 24.0 Å². The Morgan fingerprint density at radius 3 is 3.07 bits per heavy atom. The number of ether oxygens (including phenoxy) is 2. The van der Waals surface area contributed by atoms with E-state index in [1.54, 1.807) is 19.2 Å². The Kier molecular flexibility index (Phi) is 9.04. The predicted molar refractivity (Wildman–Crippen MR) is 116 cm³/mol. The highest BCUT2D eigenvalue weighted by molar-refractivity contribution is 14.0. The number of nitrogens with one attached hydrogen (secondary N) is 2. The zero-order chi connectivity index (χ0) is 18.4. The maximum atomic E-state index is 13.2. The molecule has 2 fully saturated rings. The van der Waals surface area contributed by atoms with E-state index in [4.69, 9.17) is 9.47 Å². The molecule has 0 amide bonds. The Balaban J connectivity index is 0.00000261. The van der Waals surface area contributed by atoms with Crippen molar-refractivity contribution in [3.63, 3.8) is 0 Å². The van der Waals surface area contributed by atoms with Crippen molar-refractivity contribution in [3.05, 3.63) is 30.1 Å². The van der Waals surface area contributed by atoms with Crippen LogP contribution in [0.4, 0.5) is 4.39 Å². The van der Waals surface area contributed by atoms with Crippen molar-refractivity contribution in [1.29, 1.82) is 0 Å². The molecule has 8 heteroatoms. The van der Waals surface area contributed by atoms with Gasteiger partial charge < -0.3 is 20.1 Å². The largest absolute Gasteiger partial charge is 0.489 e. The average molecular weight is 492 g/mol. The summed E-state index contributed by atoms with van der Waals surface area (Å²) in [5, 5.41) is 6.56. The lowest BCUT2D eigenvalue weighted by Crippen LogP contribution is -2.51. The first-order valence-electron chi connectivity index (χ1n) is 9.36. The van der Waals surface area contributed by atoms with Crippen molar-refractivity contribution in [2.24, 2.45) is 4.99 Å².